The highest BCUT2D eigenvalue weighted by Gasteiger charge is 2.02. The number of carbonyl (C=O) groups excluding carboxylic acids is 1. The molecule has 0 radical (unpaired) electrons. The number of hydrogen-bond acceptors (Lipinski definition) is 4. The first-order valence-electron chi connectivity index (χ1n) is 6.12. The van der Waals surface area contributed by atoms with Crippen LogP contribution >= 0.6 is 11.8 Å². The third-order valence-corrected chi connectivity index (χ3v) is 4.04. The molecule has 0 heterocycles. The lowest BCUT2D eigenvalue weighted by Crippen LogP contribution is -2.29. The molecule has 18 heavy (non-hydrogen) atoms. The van der Waals surface area contributed by atoms with Crippen molar-refractivity contribution >= 4 is 23.4 Å². The van der Waals surface area contributed by atoms with Crippen molar-refractivity contribution in [2.24, 2.45) is 5.84 Å². The van der Waals surface area contributed by atoms with E-state index in [9.17, 15) is 4.79 Å². The SMILES string of the molecule is Cc1c(N)cccc1SCCCCCC(=O)NN. The van der Waals surface area contributed by atoms with Crippen LogP contribution in [0.1, 0.15) is 31.2 Å². The van der Waals surface area contributed by atoms with Gasteiger partial charge in [-0.2, -0.15) is 0 Å². The molecule has 1 aromatic carbocycles. The number of carbonyl (C=O) groups is 1. The maximum absolute atomic E-state index is 10.9. The first kappa shape index (κ1) is 14.9. The molecular formula is C13H21N3OS. The zero-order valence-corrected chi connectivity index (χ0v) is 11.6. The molecule has 1 aromatic rings. The number of anilines is 1. The first-order valence-corrected chi connectivity index (χ1v) is 7.11. The van der Waals surface area contributed by atoms with Crippen LogP contribution in [0.4, 0.5) is 5.69 Å². The van der Waals surface area contributed by atoms with Gasteiger partial charge in [0.05, 0.1) is 0 Å². The maximum Gasteiger partial charge on any atom is 0.233 e. The fourth-order valence-electron chi connectivity index (χ4n) is 1.61. The Labute approximate surface area is 112 Å². The Morgan fingerprint density at radius 3 is 2.83 bits per heavy atom. The number of nitrogens with one attached hydrogen (secondary N) is 1. The quantitative estimate of drug-likeness (QED) is 0.177. The molecule has 0 spiro atoms. The van der Waals surface area contributed by atoms with Crippen molar-refractivity contribution in [3.05, 3.63) is 23.8 Å². The minimum absolute atomic E-state index is 0.0886. The van der Waals surface area contributed by atoms with Gasteiger partial charge in [-0.3, -0.25) is 10.2 Å². The molecule has 0 aliphatic carbocycles. The van der Waals surface area contributed by atoms with Crippen molar-refractivity contribution in [1.82, 2.24) is 5.43 Å². The van der Waals surface area contributed by atoms with E-state index in [2.05, 4.69) is 11.5 Å². The maximum atomic E-state index is 10.9. The number of hydrazine groups is 1. The number of unbranched alkanes of at least 4 members (excludes halogenated alkanes) is 2. The fourth-order valence-corrected chi connectivity index (χ4v) is 2.68. The van der Waals surface area contributed by atoms with E-state index in [1.165, 1.54) is 4.90 Å². The molecule has 4 nitrogen and oxygen atoms in total. The second kappa shape index (κ2) is 8.00. The average molecular weight is 267 g/mol. The van der Waals surface area contributed by atoms with Crippen molar-refractivity contribution in [3.8, 4) is 0 Å². The van der Waals surface area contributed by atoms with Gasteiger partial charge in [-0.25, -0.2) is 5.84 Å². The van der Waals surface area contributed by atoms with Gasteiger partial charge in [-0.05, 0) is 43.2 Å². The highest BCUT2D eigenvalue weighted by Crippen LogP contribution is 2.26. The zero-order valence-electron chi connectivity index (χ0n) is 10.7. The summed E-state index contributed by atoms with van der Waals surface area (Å²) in [5, 5.41) is 0. The van der Waals surface area contributed by atoms with E-state index >= 15 is 0 Å². The van der Waals surface area contributed by atoms with Gasteiger partial charge >= 0.3 is 0 Å². The lowest BCUT2D eigenvalue weighted by atomic mass is 10.2. The van der Waals surface area contributed by atoms with Crippen LogP contribution in [0.25, 0.3) is 0 Å². The van der Waals surface area contributed by atoms with E-state index in [1.807, 2.05) is 30.8 Å². The van der Waals surface area contributed by atoms with Crippen LogP contribution in [0, 0.1) is 6.92 Å². The molecule has 100 valence electrons. The summed E-state index contributed by atoms with van der Waals surface area (Å²) in [5.41, 5.74) is 9.99. The average Bonchev–Trinajstić information content (AvgIpc) is 2.38. The lowest BCUT2D eigenvalue weighted by Gasteiger charge is -2.07. The summed E-state index contributed by atoms with van der Waals surface area (Å²) >= 11 is 1.82. The van der Waals surface area contributed by atoms with Crippen LogP contribution in [-0.4, -0.2) is 11.7 Å². The Morgan fingerprint density at radius 1 is 1.33 bits per heavy atom. The van der Waals surface area contributed by atoms with Gasteiger partial charge < -0.3 is 5.73 Å². The van der Waals surface area contributed by atoms with Crippen LogP contribution in [0.2, 0.25) is 0 Å². The largest absolute Gasteiger partial charge is 0.398 e. The summed E-state index contributed by atoms with van der Waals surface area (Å²) in [5.74, 6) is 5.97. The Kier molecular flexibility index (Phi) is 6.60. The van der Waals surface area contributed by atoms with Crippen molar-refractivity contribution in [3.63, 3.8) is 0 Å². The van der Waals surface area contributed by atoms with Crippen molar-refractivity contribution in [2.45, 2.75) is 37.5 Å². The van der Waals surface area contributed by atoms with E-state index < -0.39 is 0 Å². The van der Waals surface area contributed by atoms with Gasteiger partial charge in [0.2, 0.25) is 5.91 Å². The summed E-state index contributed by atoms with van der Waals surface area (Å²) in [4.78, 5) is 12.1. The number of amides is 1. The second-order valence-corrected chi connectivity index (χ2v) is 5.33. The molecule has 1 rings (SSSR count). The summed E-state index contributed by atoms with van der Waals surface area (Å²) < 4.78 is 0. The summed E-state index contributed by atoms with van der Waals surface area (Å²) in [6, 6.07) is 6.00. The predicted octanol–water partition coefficient (Wildman–Crippen LogP) is 2.22. The molecule has 5 heteroatoms. The Balaban J connectivity index is 2.18. The minimum atomic E-state index is -0.0886. The van der Waals surface area contributed by atoms with E-state index in [0.717, 1.165) is 36.3 Å². The molecule has 0 aromatic heterocycles. The number of thioether (sulfide) groups is 1. The van der Waals surface area contributed by atoms with Crippen LogP contribution in [0.3, 0.4) is 0 Å². The van der Waals surface area contributed by atoms with E-state index in [4.69, 9.17) is 11.6 Å². The van der Waals surface area contributed by atoms with Gasteiger partial charge in [0.25, 0.3) is 0 Å². The first-order chi connectivity index (χ1) is 8.65. The molecule has 5 N–H and O–H groups in total. The molecule has 0 fully saturated rings. The van der Waals surface area contributed by atoms with Crippen LogP contribution in [0.5, 0.6) is 0 Å². The normalized spacial score (nSPS) is 10.3. The monoisotopic (exact) mass is 267 g/mol. The zero-order chi connectivity index (χ0) is 13.4. The molecular weight excluding hydrogens is 246 g/mol. The molecule has 0 bridgehead atoms. The predicted molar refractivity (Wildman–Crippen MR) is 77.1 cm³/mol. The van der Waals surface area contributed by atoms with Gasteiger partial charge in [0.1, 0.15) is 0 Å². The molecule has 0 aliphatic rings. The molecule has 0 saturated carbocycles. The van der Waals surface area contributed by atoms with E-state index in [1.54, 1.807) is 0 Å². The summed E-state index contributed by atoms with van der Waals surface area (Å²) in [7, 11) is 0. The van der Waals surface area contributed by atoms with Crippen molar-refractivity contribution < 1.29 is 4.79 Å². The number of rotatable bonds is 7. The second-order valence-electron chi connectivity index (χ2n) is 4.20. The summed E-state index contributed by atoms with van der Waals surface area (Å²) in [6.45, 7) is 2.04. The van der Waals surface area contributed by atoms with Gasteiger partial charge in [0.15, 0.2) is 0 Å². The molecule has 0 atom stereocenters. The molecule has 0 aliphatic heterocycles. The lowest BCUT2D eigenvalue weighted by molar-refractivity contribution is -0.121. The molecule has 0 unspecified atom stereocenters. The van der Waals surface area contributed by atoms with Gasteiger partial charge in [-0.1, -0.05) is 12.5 Å². The highest BCUT2D eigenvalue weighted by molar-refractivity contribution is 7.99. The third kappa shape index (κ3) is 4.98. The summed E-state index contributed by atoms with van der Waals surface area (Å²) in [6.07, 6.45) is 3.54. The highest BCUT2D eigenvalue weighted by atomic mass is 32.2. The van der Waals surface area contributed by atoms with Crippen LogP contribution in [0.15, 0.2) is 23.1 Å². The number of hydrogen-bond donors (Lipinski definition) is 3. The topological polar surface area (TPSA) is 81.1 Å². The number of benzene rings is 1. The van der Waals surface area contributed by atoms with Gasteiger partial charge in [-0.15, -0.1) is 11.8 Å². The third-order valence-electron chi connectivity index (χ3n) is 2.79. The van der Waals surface area contributed by atoms with Crippen molar-refractivity contribution in [2.75, 3.05) is 11.5 Å². The molecule has 1 amide bonds. The number of nitrogen functional groups attached to an aromatic ring is 1. The van der Waals surface area contributed by atoms with Crippen LogP contribution < -0.4 is 17.0 Å². The van der Waals surface area contributed by atoms with Crippen LogP contribution in [-0.2, 0) is 4.79 Å². The Morgan fingerprint density at radius 2 is 2.11 bits per heavy atom. The van der Waals surface area contributed by atoms with Gasteiger partial charge in [0, 0.05) is 17.0 Å². The standard InChI is InChI=1S/C13H21N3OS/c1-10-11(14)6-5-7-12(10)18-9-4-2-3-8-13(17)16-15/h5-7H,2-4,8-9,14-15H2,1H3,(H,16,17). The Bertz CT molecular complexity index is 396. The smallest absolute Gasteiger partial charge is 0.233 e. The fraction of sp³-hybridized carbons (Fsp3) is 0.462. The Hall–Kier alpha value is -1.20. The molecule has 0 saturated heterocycles. The minimum Gasteiger partial charge on any atom is -0.398 e. The number of nitrogens with two attached hydrogens (primary N) is 2. The van der Waals surface area contributed by atoms with E-state index in [0.29, 0.717) is 6.42 Å². The van der Waals surface area contributed by atoms with E-state index in [-0.39, 0.29) is 5.91 Å². The van der Waals surface area contributed by atoms with Crippen molar-refractivity contribution in [1.29, 1.82) is 0 Å².